The molecule has 0 aromatic carbocycles. The molecular formula is C10H13O4PS. The summed E-state index contributed by atoms with van der Waals surface area (Å²) in [5, 5.41) is 8.94. The molecule has 4 nitrogen and oxygen atoms in total. The molecule has 0 fully saturated rings. The highest BCUT2D eigenvalue weighted by Gasteiger charge is 2.24. The molecule has 0 bridgehead atoms. The molecule has 0 amide bonds. The van der Waals surface area contributed by atoms with Crippen LogP contribution in [0.2, 0.25) is 0 Å². The molecule has 0 aliphatic carbocycles. The number of carbonyl (C=O) groups is 1. The molecule has 6 heteroatoms. The minimum Gasteiger partial charge on any atom is -0.477 e. The van der Waals surface area contributed by atoms with E-state index in [1.807, 2.05) is 0 Å². The highest BCUT2D eigenvalue weighted by atomic mass is 32.1. The molecule has 2 atom stereocenters. The summed E-state index contributed by atoms with van der Waals surface area (Å²) in [6, 6.07) is 1.73. The third kappa shape index (κ3) is 2.43. The van der Waals surface area contributed by atoms with Gasteiger partial charge in [0.15, 0.2) is 0 Å². The van der Waals surface area contributed by atoms with Crippen LogP contribution in [0.3, 0.4) is 0 Å². The Morgan fingerprint density at radius 1 is 1.75 bits per heavy atom. The number of thiophene rings is 1. The summed E-state index contributed by atoms with van der Waals surface area (Å²) in [5.74, 6) is -0.861. The molecule has 1 N–H and O–H groups in total. The summed E-state index contributed by atoms with van der Waals surface area (Å²) >= 11 is 1.36. The molecule has 0 radical (unpaired) electrons. The molecule has 2 unspecified atom stereocenters. The van der Waals surface area contributed by atoms with Crippen LogP contribution in [0.4, 0.5) is 0 Å². The van der Waals surface area contributed by atoms with Crippen LogP contribution in [0, 0.1) is 0 Å². The van der Waals surface area contributed by atoms with Crippen molar-refractivity contribution in [2.24, 2.45) is 0 Å². The lowest BCUT2D eigenvalue weighted by Crippen LogP contribution is -2.15. The molecule has 0 saturated carbocycles. The van der Waals surface area contributed by atoms with Gasteiger partial charge >= 0.3 is 5.97 Å². The lowest BCUT2D eigenvalue weighted by atomic mass is 10.0. The van der Waals surface area contributed by atoms with Crippen molar-refractivity contribution in [3.8, 4) is 0 Å². The molecular weight excluding hydrogens is 247 g/mol. The number of hydrogen-bond acceptors (Lipinski definition) is 4. The van der Waals surface area contributed by atoms with Gasteiger partial charge in [-0.3, -0.25) is 0 Å². The second-order valence-corrected chi connectivity index (χ2v) is 5.03. The van der Waals surface area contributed by atoms with Gasteiger partial charge in [-0.1, -0.05) is 0 Å². The maximum atomic E-state index is 10.9. The van der Waals surface area contributed by atoms with Gasteiger partial charge < -0.3 is 14.4 Å². The molecule has 16 heavy (non-hydrogen) atoms. The number of carboxylic acids is 1. The monoisotopic (exact) mass is 260 g/mol. The van der Waals surface area contributed by atoms with Crippen LogP contribution in [0.5, 0.6) is 0 Å². The molecule has 0 spiro atoms. The SMILES string of the molecule is O=C(O)c1cc2c(s1)CCOC2CCOP. The molecule has 0 saturated heterocycles. The Bertz CT molecular complexity index is 390. The fourth-order valence-corrected chi connectivity index (χ4v) is 2.98. The lowest BCUT2D eigenvalue weighted by molar-refractivity contribution is 0.0303. The van der Waals surface area contributed by atoms with Crippen LogP contribution in [0.1, 0.15) is 32.6 Å². The largest absolute Gasteiger partial charge is 0.477 e. The molecule has 1 aromatic heterocycles. The Labute approximate surface area is 99.9 Å². The minimum atomic E-state index is -0.861. The van der Waals surface area contributed by atoms with Crippen LogP contribution in [0.25, 0.3) is 0 Å². The predicted molar refractivity (Wildman–Crippen MR) is 64.0 cm³/mol. The molecule has 1 aliphatic rings. The summed E-state index contributed by atoms with van der Waals surface area (Å²) in [6.07, 6.45) is 1.55. The van der Waals surface area contributed by atoms with Gasteiger partial charge in [-0.05, 0) is 11.6 Å². The van der Waals surface area contributed by atoms with Crippen molar-refractivity contribution in [2.45, 2.75) is 18.9 Å². The van der Waals surface area contributed by atoms with E-state index >= 15 is 0 Å². The first-order chi connectivity index (χ1) is 7.72. The van der Waals surface area contributed by atoms with Gasteiger partial charge in [0, 0.05) is 27.2 Å². The highest BCUT2D eigenvalue weighted by molar-refractivity contribution is 7.14. The van der Waals surface area contributed by atoms with Crippen LogP contribution >= 0.6 is 20.8 Å². The quantitative estimate of drug-likeness (QED) is 0.844. The minimum absolute atomic E-state index is 0.0198. The van der Waals surface area contributed by atoms with Crippen molar-refractivity contribution < 1.29 is 19.2 Å². The first-order valence-electron chi connectivity index (χ1n) is 5.01. The smallest absolute Gasteiger partial charge is 0.345 e. The molecule has 2 rings (SSSR count). The Kier molecular flexibility index (Phi) is 3.92. The maximum Gasteiger partial charge on any atom is 0.345 e. The van der Waals surface area contributed by atoms with E-state index in [-0.39, 0.29) is 6.10 Å². The number of fused-ring (bicyclic) bond motifs is 1. The Balaban J connectivity index is 2.20. The zero-order valence-electron chi connectivity index (χ0n) is 8.64. The van der Waals surface area contributed by atoms with Crippen molar-refractivity contribution in [2.75, 3.05) is 13.2 Å². The average molecular weight is 260 g/mol. The standard InChI is InChI=1S/C10H13O4PS/c11-10(12)9-5-6-7(1-4-14-15)13-3-2-8(6)16-9/h5,7H,1-4,15H2,(H,11,12). The Morgan fingerprint density at radius 2 is 2.56 bits per heavy atom. The third-order valence-electron chi connectivity index (χ3n) is 2.55. The van der Waals surface area contributed by atoms with Crippen molar-refractivity contribution in [1.82, 2.24) is 0 Å². The second kappa shape index (κ2) is 5.23. The first kappa shape index (κ1) is 12.0. The molecule has 2 heterocycles. The van der Waals surface area contributed by atoms with E-state index in [2.05, 4.69) is 9.47 Å². The van der Waals surface area contributed by atoms with Crippen molar-refractivity contribution in [3.63, 3.8) is 0 Å². The van der Waals surface area contributed by atoms with Gasteiger partial charge in [0.1, 0.15) is 4.88 Å². The predicted octanol–water partition coefficient (Wildman–Crippen LogP) is 2.26. The lowest BCUT2D eigenvalue weighted by Gasteiger charge is -2.22. The number of hydrogen-bond donors (Lipinski definition) is 1. The number of aromatic carboxylic acids is 1. The summed E-state index contributed by atoms with van der Waals surface area (Å²) in [7, 11) is 2.21. The van der Waals surface area contributed by atoms with Gasteiger partial charge in [-0.25, -0.2) is 4.79 Å². The van der Waals surface area contributed by atoms with E-state index < -0.39 is 5.97 Å². The Hall–Kier alpha value is -0.480. The van der Waals surface area contributed by atoms with E-state index in [0.29, 0.717) is 18.1 Å². The Morgan fingerprint density at radius 3 is 3.25 bits per heavy atom. The number of rotatable bonds is 4. The fraction of sp³-hybridized carbons (Fsp3) is 0.500. The van der Waals surface area contributed by atoms with Crippen LogP contribution < -0.4 is 0 Å². The van der Waals surface area contributed by atoms with Crippen LogP contribution in [-0.4, -0.2) is 24.3 Å². The third-order valence-corrected chi connectivity index (χ3v) is 3.98. The average Bonchev–Trinajstić information content (AvgIpc) is 2.70. The number of ether oxygens (including phenoxy) is 1. The van der Waals surface area contributed by atoms with Gasteiger partial charge in [0.2, 0.25) is 0 Å². The van der Waals surface area contributed by atoms with Gasteiger partial charge in [-0.15, -0.1) is 11.3 Å². The summed E-state index contributed by atoms with van der Waals surface area (Å²) in [4.78, 5) is 12.4. The fourth-order valence-electron chi connectivity index (χ4n) is 1.81. The van der Waals surface area contributed by atoms with Gasteiger partial charge in [0.25, 0.3) is 0 Å². The molecule has 1 aliphatic heterocycles. The number of carboxylic acid groups (broad SMARTS) is 1. The van der Waals surface area contributed by atoms with E-state index in [9.17, 15) is 4.79 Å². The van der Waals surface area contributed by atoms with Crippen LogP contribution in [0.15, 0.2) is 6.07 Å². The normalized spacial score (nSPS) is 19.4. The zero-order chi connectivity index (χ0) is 11.5. The zero-order valence-corrected chi connectivity index (χ0v) is 10.6. The topological polar surface area (TPSA) is 55.8 Å². The van der Waals surface area contributed by atoms with E-state index in [0.717, 1.165) is 23.3 Å². The van der Waals surface area contributed by atoms with Crippen molar-refractivity contribution >= 4 is 26.8 Å². The first-order valence-corrected chi connectivity index (χ1v) is 6.30. The van der Waals surface area contributed by atoms with Crippen molar-refractivity contribution in [3.05, 3.63) is 21.4 Å². The van der Waals surface area contributed by atoms with Crippen LogP contribution in [-0.2, 0) is 15.7 Å². The molecule has 1 aromatic rings. The van der Waals surface area contributed by atoms with Crippen molar-refractivity contribution in [1.29, 1.82) is 0 Å². The van der Waals surface area contributed by atoms with E-state index in [1.165, 1.54) is 11.3 Å². The summed E-state index contributed by atoms with van der Waals surface area (Å²) < 4.78 is 10.6. The van der Waals surface area contributed by atoms with E-state index in [1.54, 1.807) is 6.07 Å². The maximum absolute atomic E-state index is 10.9. The van der Waals surface area contributed by atoms with E-state index in [4.69, 9.17) is 14.4 Å². The highest BCUT2D eigenvalue weighted by Crippen LogP contribution is 2.35. The second-order valence-electron chi connectivity index (χ2n) is 3.56. The summed E-state index contributed by atoms with van der Waals surface area (Å²) in [5.41, 5.74) is 1.02. The summed E-state index contributed by atoms with van der Waals surface area (Å²) in [6.45, 7) is 1.25. The molecule has 88 valence electrons. The van der Waals surface area contributed by atoms with Gasteiger partial charge in [-0.2, -0.15) is 0 Å². The van der Waals surface area contributed by atoms with Gasteiger partial charge in [0.05, 0.1) is 19.3 Å².